The molecule has 1 aliphatic carbocycles. The molecule has 2 aromatic rings. The zero-order chi connectivity index (χ0) is 40.3. The molecule has 0 saturated carbocycles. The number of nitrogens with one attached hydrogen (secondary N) is 4. The van der Waals surface area contributed by atoms with Crippen molar-refractivity contribution in [2.45, 2.75) is 149 Å². The Morgan fingerprint density at radius 3 is 1.67 bits per heavy atom. The van der Waals surface area contributed by atoms with E-state index in [1.54, 1.807) is 41.5 Å². The molecule has 0 bridgehead atoms. The van der Waals surface area contributed by atoms with E-state index in [0.29, 0.717) is 13.0 Å². The highest BCUT2D eigenvalue weighted by atomic mass is 16.6. The highest BCUT2D eigenvalue weighted by Gasteiger charge is 2.30. The molecular formula is C43H65N5O7. The molecule has 1 aliphatic rings. The van der Waals surface area contributed by atoms with E-state index >= 15 is 0 Å². The van der Waals surface area contributed by atoms with Crippen molar-refractivity contribution in [3.8, 4) is 11.1 Å². The lowest BCUT2D eigenvalue weighted by atomic mass is 9.98. The third-order valence-corrected chi connectivity index (χ3v) is 8.94. The molecule has 12 nitrogen and oxygen atoms in total. The summed E-state index contributed by atoms with van der Waals surface area (Å²) in [5, 5.41) is 10.7. The van der Waals surface area contributed by atoms with E-state index < -0.39 is 35.5 Å². The van der Waals surface area contributed by atoms with Gasteiger partial charge in [-0.05, 0) is 83.1 Å². The molecule has 0 radical (unpaired) electrons. The first-order valence-electron chi connectivity index (χ1n) is 20.1. The van der Waals surface area contributed by atoms with Crippen LogP contribution >= 0.6 is 0 Å². The summed E-state index contributed by atoms with van der Waals surface area (Å²) in [7, 11) is 0. The first kappa shape index (κ1) is 44.8. The lowest BCUT2D eigenvalue weighted by Gasteiger charge is -2.22. The quantitative estimate of drug-likeness (QED) is 0.0481. The molecule has 1 unspecified atom stereocenters. The summed E-state index contributed by atoms with van der Waals surface area (Å²) in [6, 6.07) is 15.3. The van der Waals surface area contributed by atoms with Crippen LogP contribution in [0.2, 0.25) is 0 Å². The van der Waals surface area contributed by atoms with Crippen LogP contribution in [0.1, 0.15) is 143 Å². The van der Waals surface area contributed by atoms with Gasteiger partial charge in [-0.2, -0.15) is 0 Å². The normalized spacial score (nSPS) is 12.8. The molecule has 0 fully saturated rings. The van der Waals surface area contributed by atoms with Gasteiger partial charge in [-0.1, -0.05) is 113 Å². The maximum Gasteiger partial charge on any atom is 0.414 e. The Morgan fingerprint density at radius 2 is 1.16 bits per heavy atom. The second-order valence-electron chi connectivity index (χ2n) is 16.1. The SMILES string of the molecule is CCCCCCCCCCCCNC(=O)C(CCCN=C(NC(=O)OC(C)(C)C)NC(=O)OC(C)(C)C)NC(=O)OCC1c2ccccc2-c2ccccc21. The number of rotatable bonds is 19. The van der Waals surface area contributed by atoms with Crippen molar-refractivity contribution < 1.29 is 33.4 Å². The van der Waals surface area contributed by atoms with Gasteiger partial charge in [0.15, 0.2) is 0 Å². The number of ether oxygens (including phenoxy) is 3. The number of nitrogens with zero attached hydrogens (tertiary/aromatic N) is 1. The smallest absolute Gasteiger partial charge is 0.414 e. The van der Waals surface area contributed by atoms with Crippen LogP contribution in [0.25, 0.3) is 11.1 Å². The van der Waals surface area contributed by atoms with E-state index in [1.807, 2.05) is 24.3 Å². The Bertz CT molecular complexity index is 1490. The van der Waals surface area contributed by atoms with Gasteiger partial charge >= 0.3 is 18.3 Å². The molecule has 3 rings (SSSR count). The largest absolute Gasteiger partial charge is 0.449 e. The molecule has 0 aliphatic heterocycles. The number of amides is 4. The van der Waals surface area contributed by atoms with Gasteiger partial charge in [-0.25, -0.2) is 14.4 Å². The van der Waals surface area contributed by atoms with Crippen molar-refractivity contribution in [1.29, 1.82) is 0 Å². The van der Waals surface area contributed by atoms with Crippen molar-refractivity contribution in [2.24, 2.45) is 4.99 Å². The Morgan fingerprint density at radius 1 is 0.673 bits per heavy atom. The third-order valence-electron chi connectivity index (χ3n) is 8.94. The Kier molecular flexibility index (Phi) is 18.5. The first-order chi connectivity index (χ1) is 26.2. The Labute approximate surface area is 328 Å². The van der Waals surface area contributed by atoms with Gasteiger partial charge in [0.05, 0.1) is 0 Å². The summed E-state index contributed by atoms with van der Waals surface area (Å²) in [6.45, 7) is 13.3. The number of carbonyl (C=O) groups excluding carboxylic acids is 4. The van der Waals surface area contributed by atoms with Gasteiger partial charge in [0.25, 0.3) is 0 Å². The average Bonchev–Trinajstić information content (AvgIpc) is 3.42. The van der Waals surface area contributed by atoms with Crippen LogP contribution < -0.4 is 21.3 Å². The van der Waals surface area contributed by atoms with Crippen molar-refractivity contribution in [3.05, 3.63) is 59.7 Å². The van der Waals surface area contributed by atoms with Crippen LogP contribution in [0.15, 0.2) is 53.5 Å². The molecule has 12 heteroatoms. The standard InChI is InChI=1S/C43H65N5O7/c1-8-9-10-11-12-13-14-15-16-21-28-44-37(49)36(27-22-29-45-38(47-40(51)54-42(2,3)4)48-41(52)55-43(5,6)7)46-39(50)53-30-35-33-25-19-17-23-31(33)32-24-18-20-26-34(32)35/h17-20,23-26,35-36H,8-16,21-22,27-30H2,1-7H3,(H,44,49)(H,46,50)(H2,45,47,48,51,52). The zero-order valence-electron chi connectivity index (χ0n) is 34.2. The lowest BCUT2D eigenvalue weighted by molar-refractivity contribution is -0.123. The van der Waals surface area contributed by atoms with Crippen LogP contribution in [-0.4, -0.2) is 67.1 Å². The van der Waals surface area contributed by atoms with Crippen LogP contribution in [0.5, 0.6) is 0 Å². The molecule has 0 saturated heterocycles. The predicted octanol–water partition coefficient (Wildman–Crippen LogP) is 9.12. The minimum atomic E-state index is -0.893. The summed E-state index contributed by atoms with van der Waals surface area (Å²) < 4.78 is 16.4. The zero-order valence-corrected chi connectivity index (χ0v) is 34.2. The van der Waals surface area contributed by atoms with Crippen LogP contribution in [0, 0.1) is 0 Å². The topological polar surface area (TPSA) is 156 Å². The van der Waals surface area contributed by atoms with E-state index in [-0.39, 0.29) is 37.4 Å². The van der Waals surface area contributed by atoms with E-state index in [4.69, 9.17) is 14.2 Å². The third kappa shape index (κ3) is 17.2. The summed E-state index contributed by atoms with van der Waals surface area (Å²) >= 11 is 0. The van der Waals surface area contributed by atoms with Crippen molar-refractivity contribution in [2.75, 3.05) is 19.7 Å². The number of alkyl carbamates (subject to hydrolysis) is 3. The van der Waals surface area contributed by atoms with Gasteiger partial charge in [-0.15, -0.1) is 0 Å². The number of unbranched alkanes of at least 4 members (excludes halogenated alkanes) is 9. The van der Waals surface area contributed by atoms with E-state index in [2.05, 4.69) is 57.4 Å². The molecule has 4 N–H and O–H groups in total. The number of guanidine groups is 1. The number of fused-ring (bicyclic) bond motifs is 3. The second-order valence-corrected chi connectivity index (χ2v) is 16.1. The van der Waals surface area contributed by atoms with Gasteiger partial charge in [0.1, 0.15) is 23.9 Å². The first-order valence-corrected chi connectivity index (χ1v) is 20.1. The number of aliphatic imine (C=N–C) groups is 1. The van der Waals surface area contributed by atoms with E-state index in [1.165, 1.54) is 44.9 Å². The van der Waals surface area contributed by atoms with Gasteiger partial charge in [0, 0.05) is 19.0 Å². The summed E-state index contributed by atoms with van der Waals surface area (Å²) in [5.41, 5.74) is 2.88. The minimum Gasteiger partial charge on any atom is -0.449 e. The maximum atomic E-state index is 13.4. The monoisotopic (exact) mass is 763 g/mol. The highest BCUT2D eigenvalue weighted by molar-refractivity contribution is 6.01. The number of hydrogen-bond acceptors (Lipinski definition) is 8. The predicted molar refractivity (Wildman–Crippen MR) is 217 cm³/mol. The van der Waals surface area contributed by atoms with Gasteiger partial charge in [0.2, 0.25) is 11.9 Å². The lowest BCUT2D eigenvalue weighted by Crippen LogP contribution is -2.48. The average molecular weight is 764 g/mol. The molecule has 0 heterocycles. The molecule has 1 atom stereocenters. The van der Waals surface area contributed by atoms with Gasteiger partial charge < -0.3 is 24.8 Å². The van der Waals surface area contributed by atoms with Crippen LogP contribution in [0.4, 0.5) is 14.4 Å². The molecule has 55 heavy (non-hydrogen) atoms. The fourth-order valence-electron chi connectivity index (χ4n) is 6.40. The molecule has 0 spiro atoms. The summed E-state index contributed by atoms with van der Waals surface area (Å²) in [6.07, 6.45) is 10.1. The second kappa shape index (κ2) is 22.7. The highest BCUT2D eigenvalue weighted by Crippen LogP contribution is 2.44. The summed E-state index contributed by atoms with van der Waals surface area (Å²) in [5.74, 6) is -0.591. The van der Waals surface area contributed by atoms with E-state index in [0.717, 1.165) is 41.5 Å². The van der Waals surface area contributed by atoms with Crippen molar-refractivity contribution in [3.63, 3.8) is 0 Å². The number of benzene rings is 2. The molecule has 2 aromatic carbocycles. The van der Waals surface area contributed by atoms with Crippen LogP contribution in [0.3, 0.4) is 0 Å². The maximum absolute atomic E-state index is 13.4. The number of carbonyl (C=O) groups is 4. The van der Waals surface area contributed by atoms with Crippen molar-refractivity contribution >= 4 is 30.1 Å². The molecule has 304 valence electrons. The van der Waals surface area contributed by atoms with E-state index in [9.17, 15) is 19.2 Å². The summed E-state index contributed by atoms with van der Waals surface area (Å²) in [4.78, 5) is 56.1. The fraction of sp³-hybridized carbons (Fsp3) is 0.605. The fourth-order valence-corrected chi connectivity index (χ4v) is 6.40. The minimum absolute atomic E-state index is 0.107. The molecule has 4 amide bonds. The Balaban J connectivity index is 1.61. The van der Waals surface area contributed by atoms with Crippen molar-refractivity contribution in [1.82, 2.24) is 21.3 Å². The number of hydrogen-bond donors (Lipinski definition) is 4. The van der Waals surface area contributed by atoms with Crippen LogP contribution in [-0.2, 0) is 19.0 Å². The molecular weight excluding hydrogens is 699 g/mol. The Hall–Kier alpha value is -4.61. The van der Waals surface area contributed by atoms with Gasteiger partial charge in [-0.3, -0.25) is 20.4 Å². The molecule has 0 aromatic heterocycles.